The quantitative estimate of drug-likeness (QED) is 0.881. The Kier molecular flexibility index (Phi) is 3.77. The Morgan fingerprint density at radius 3 is 2.55 bits per heavy atom. The number of nitrogens with zero attached hydrogens (tertiary/aromatic N) is 1. The van der Waals surface area contributed by atoms with Gasteiger partial charge in [-0.25, -0.2) is 9.59 Å². The number of carbonyl (C=O) groups excluding carboxylic acids is 1. The summed E-state index contributed by atoms with van der Waals surface area (Å²) in [5.74, 6) is -0.964. The lowest BCUT2D eigenvalue weighted by molar-refractivity contribution is 0.0696. The number of aromatic carboxylic acids is 1. The predicted octanol–water partition coefficient (Wildman–Crippen LogP) is 3.05. The zero-order chi connectivity index (χ0) is 15.1. The van der Waals surface area contributed by atoms with Gasteiger partial charge in [0.1, 0.15) is 5.00 Å². The van der Waals surface area contributed by atoms with Crippen molar-refractivity contribution in [3.05, 3.63) is 16.0 Å². The standard InChI is InChI=1S/C14H20N2O3S/c1-14(2)6-5-9-8(7-14)10(12(17)18)11(20-9)15-13(19)16(3)4/h5-7H2,1-4H3,(H,15,19)(H,17,18). The molecule has 0 bridgehead atoms. The molecule has 1 aliphatic rings. The van der Waals surface area contributed by atoms with Crippen LogP contribution < -0.4 is 5.32 Å². The average molecular weight is 296 g/mol. The number of fused-ring (bicyclic) bond motifs is 1. The third-order valence-corrected chi connectivity index (χ3v) is 4.82. The van der Waals surface area contributed by atoms with Gasteiger partial charge in [-0.1, -0.05) is 13.8 Å². The molecule has 2 N–H and O–H groups in total. The van der Waals surface area contributed by atoms with Crippen LogP contribution in [0, 0.1) is 5.41 Å². The van der Waals surface area contributed by atoms with Crippen LogP contribution in [0.1, 0.15) is 41.1 Å². The van der Waals surface area contributed by atoms with Crippen molar-refractivity contribution in [1.82, 2.24) is 4.90 Å². The van der Waals surface area contributed by atoms with E-state index in [1.54, 1.807) is 14.1 Å². The highest BCUT2D eigenvalue weighted by Gasteiger charge is 2.33. The Hall–Kier alpha value is -1.56. The number of rotatable bonds is 2. The fourth-order valence-corrected chi connectivity index (χ4v) is 3.64. The van der Waals surface area contributed by atoms with Gasteiger partial charge in [0.2, 0.25) is 0 Å². The first-order valence-corrected chi connectivity index (χ1v) is 7.39. The molecule has 2 rings (SSSR count). The Labute approximate surface area is 122 Å². The first-order chi connectivity index (χ1) is 9.21. The number of anilines is 1. The molecule has 0 radical (unpaired) electrons. The molecule has 5 nitrogen and oxygen atoms in total. The van der Waals surface area contributed by atoms with E-state index in [0.717, 1.165) is 29.7 Å². The lowest BCUT2D eigenvalue weighted by Gasteiger charge is -2.29. The summed E-state index contributed by atoms with van der Waals surface area (Å²) in [6.07, 6.45) is 2.67. The van der Waals surface area contributed by atoms with Gasteiger partial charge in [-0.15, -0.1) is 11.3 Å². The van der Waals surface area contributed by atoms with Gasteiger partial charge in [-0.3, -0.25) is 5.32 Å². The first kappa shape index (κ1) is 14.8. The molecular weight excluding hydrogens is 276 g/mol. The molecule has 1 heterocycles. The van der Waals surface area contributed by atoms with E-state index in [-0.39, 0.29) is 17.0 Å². The lowest BCUT2D eigenvalue weighted by atomic mass is 9.76. The zero-order valence-corrected chi connectivity index (χ0v) is 13.1. The van der Waals surface area contributed by atoms with E-state index in [1.807, 2.05) is 0 Å². The van der Waals surface area contributed by atoms with Crippen molar-refractivity contribution in [2.24, 2.45) is 5.41 Å². The number of amides is 2. The minimum absolute atomic E-state index is 0.112. The first-order valence-electron chi connectivity index (χ1n) is 6.57. The molecule has 1 aromatic heterocycles. The van der Waals surface area contributed by atoms with Crippen molar-refractivity contribution in [3.63, 3.8) is 0 Å². The number of thiophene rings is 1. The molecule has 0 aliphatic heterocycles. The van der Waals surface area contributed by atoms with Crippen LogP contribution in [0.5, 0.6) is 0 Å². The largest absolute Gasteiger partial charge is 0.478 e. The van der Waals surface area contributed by atoms with Crippen LogP contribution in [0.3, 0.4) is 0 Å². The second-order valence-corrected chi connectivity index (χ2v) is 7.28. The van der Waals surface area contributed by atoms with Crippen LogP contribution in [0.25, 0.3) is 0 Å². The minimum Gasteiger partial charge on any atom is -0.478 e. The van der Waals surface area contributed by atoms with Gasteiger partial charge in [0, 0.05) is 19.0 Å². The number of carbonyl (C=O) groups is 2. The number of carboxylic acid groups (broad SMARTS) is 1. The van der Waals surface area contributed by atoms with Gasteiger partial charge in [0.25, 0.3) is 0 Å². The van der Waals surface area contributed by atoms with Gasteiger partial charge in [0.05, 0.1) is 5.56 Å². The number of carboxylic acids is 1. The van der Waals surface area contributed by atoms with Crippen molar-refractivity contribution in [3.8, 4) is 0 Å². The van der Waals surface area contributed by atoms with E-state index >= 15 is 0 Å². The van der Waals surface area contributed by atoms with Gasteiger partial charge in [-0.2, -0.15) is 0 Å². The maximum absolute atomic E-state index is 11.8. The Bertz CT molecular complexity index is 561. The number of urea groups is 1. The number of hydrogen-bond donors (Lipinski definition) is 2. The van der Waals surface area contributed by atoms with E-state index in [4.69, 9.17) is 0 Å². The van der Waals surface area contributed by atoms with Crippen LogP contribution in [0.4, 0.5) is 9.80 Å². The van der Waals surface area contributed by atoms with Crippen LogP contribution >= 0.6 is 11.3 Å². The lowest BCUT2D eigenvalue weighted by Crippen LogP contribution is -2.27. The molecule has 0 fully saturated rings. The number of nitrogens with one attached hydrogen (secondary N) is 1. The molecule has 20 heavy (non-hydrogen) atoms. The van der Waals surface area contributed by atoms with Gasteiger partial charge >= 0.3 is 12.0 Å². The average Bonchev–Trinajstić information content (AvgIpc) is 2.64. The van der Waals surface area contributed by atoms with Crippen molar-refractivity contribution in [1.29, 1.82) is 0 Å². The highest BCUT2D eigenvalue weighted by atomic mass is 32.1. The molecule has 0 aromatic carbocycles. The highest BCUT2D eigenvalue weighted by molar-refractivity contribution is 7.17. The summed E-state index contributed by atoms with van der Waals surface area (Å²) in [6, 6.07) is -0.301. The van der Waals surface area contributed by atoms with Crippen molar-refractivity contribution >= 4 is 28.3 Å². The third kappa shape index (κ3) is 2.80. The van der Waals surface area contributed by atoms with Crippen LogP contribution in [0.2, 0.25) is 0 Å². The summed E-state index contributed by atoms with van der Waals surface area (Å²) in [5.41, 5.74) is 1.28. The van der Waals surface area contributed by atoms with Crippen LogP contribution in [-0.4, -0.2) is 36.1 Å². The Balaban J connectivity index is 2.42. The monoisotopic (exact) mass is 296 g/mol. The summed E-state index contributed by atoms with van der Waals surface area (Å²) in [7, 11) is 3.26. The van der Waals surface area contributed by atoms with Crippen molar-refractivity contribution in [2.75, 3.05) is 19.4 Å². The molecule has 1 aromatic rings. The van der Waals surface area contributed by atoms with Crippen molar-refractivity contribution < 1.29 is 14.7 Å². The summed E-state index contributed by atoms with van der Waals surface area (Å²) in [5, 5.41) is 12.6. The molecule has 0 saturated carbocycles. The Morgan fingerprint density at radius 1 is 1.35 bits per heavy atom. The van der Waals surface area contributed by atoms with Gasteiger partial charge < -0.3 is 10.0 Å². The summed E-state index contributed by atoms with van der Waals surface area (Å²) < 4.78 is 0. The molecule has 6 heteroatoms. The maximum Gasteiger partial charge on any atom is 0.339 e. The molecule has 0 unspecified atom stereocenters. The smallest absolute Gasteiger partial charge is 0.339 e. The van der Waals surface area contributed by atoms with E-state index in [1.165, 1.54) is 16.2 Å². The zero-order valence-electron chi connectivity index (χ0n) is 12.2. The minimum atomic E-state index is -0.964. The number of hydrogen-bond acceptors (Lipinski definition) is 3. The number of aryl methyl sites for hydroxylation is 1. The normalized spacial score (nSPS) is 16.4. The van der Waals surface area contributed by atoms with Crippen LogP contribution in [0.15, 0.2) is 0 Å². The molecule has 110 valence electrons. The van der Waals surface area contributed by atoms with Gasteiger partial charge in [-0.05, 0) is 30.2 Å². The fraction of sp³-hybridized carbons (Fsp3) is 0.571. The molecular formula is C14H20N2O3S. The van der Waals surface area contributed by atoms with Crippen molar-refractivity contribution in [2.45, 2.75) is 33.1 Å². The fourth-order valence-electron chi connectivity index (χ4n) is 2.44. The van der Waals surface area contributed by atoms with E-state index < -0.39 is 5.97 Å². The molecule has 1 aliphatic carbocycles. The van der Waals surface area contributed by atoms with Crippen LogP contribution in [-0.2, 0) is 12.8 Å². The SMILES string of the molecule is CN(C)C(=O)Nc1sc2c(c1C(=O)O)CC(C)(C)CC2. The maximum atomic E-state index is 11.8. The van der Waals surface area contributed by atoms with Gasteiger partial charge in [0.15, 0.2) is 0 Å². The van der Waals surface area contributed by atoms with E-state index in [2.05, 4.69) is 19.2 Å². The summed E-state index contributed by atoms with van der Waals surface area (Å²) in [6.45, 7) is 4.30. The topological polar surface area (TPSA) is 69.6 Å². The molecule has 0 saturated heterocycles. The molecule has 0 atom stereocenters. The Morgan fingerprint density at radius 2 is 2.00 bits per heavy atom. The van der Waals surface area contributed by atoms with E-state index in [0.29, 0.717) is 5.00 Å². The van der Waals surface area contributed by atoms with E-state index in [9.17, 15) is 14.7 Å². The second-order valence-electron chi connectivity index (χ2n) is 6.18. The predicted molar refractivity (Wildman–Crippen MR) is 79.8 cm³/mol. The summed E-state index contributed by atoms with van der Waals surface area (Å²) >= 11 is 1.40. The molecule has 2 amide bonds. The second kappa shape index (κ2) is 5.09. The molecule has 0 spiro atoms. The highest BCUT2D eigenvalue weighted by Crippen LogP contribution is 2.43. The summed E-state index contributed by atoms with van der Waals surface area (Å²) in [4.78, 5) is 25.8. The third-order valence-electron chi connectivity index (χ3n) is 3.62.